The Kier molecular flexibility index (Phi) is 5.28. The second-order valence-corrected chi connectivity index (χ2v) is 10.2. The predicted octanol–water partition coefficient (Wildman–Crippen LogP) is 1.96. The highest BCUT2D eigenvalue weighted by Gasteiger charge is 2.40. The number of sulfonamides is 1. The summed E-state index contributed by atoms with van der Waals surface area (Å²) in [6.07, 6.45) is 5.13. The van der Waals surface area contributed by atoms with Crippen LogP contribution in [0.1, 0.15) is 25.7 Å². The number of nitro groups is 1. The highest BCUT2D eigenvalue weighted by atomic mass is 32.2. The van der Waals surface area contributed by atoms with Crippen molar-refractivity contribution in [2.24, 2.45) is 11.8 Å². The van der Waals surface area contributed by atoms with Crippen LogP contribution in [0.4, 0.5) is 5.69 Å². The molecule has 1 N–H and O–H groups in total. The SMILES string of the molecule is O=[N+]([O-])c1ccc(S(=O)(=O)N2CCN(C(=S)N[C@H]3C[C@@H]4CC[C@@H]3C4)CC2)cc1. The van der Waals surface area contributed by atoms with E-state index in [1.807, 2.05) is 4.90 Å². The normalized spacial score (nSPS) is 27.7. The molecular formula is C18H24N4O4S2. The van der Waals surface area contributed by atoms with Crippen molar-refractivity contribution in [2.45, 2.75) is 36.6 Å². The first kappa shape index (κ1) is 19.5. The third-order valence-corrected chi connectivity index (χ3v) is 8.55. The number of nitrogens with zero attached hydrogens (tertiary/aromatic N) is 3. The summed E-state index contributed by atoms with van der Waals surface area (Å²) < 4.78 is 27.0. The monoisotopic (exact) mass is 424 g/mol. The molecule has 3 aliphatic rings. The lowest BCUT2D eigenvalue weighted by Crippen LogP contribution is -2.54. The summed E-state index contributed by atoms with van der Waals surface area (Å²) in [4.78, 5) is 12.3. The minimum absolute atomic E-state index is 0.0780. The molecule has 1 aromatic rings. The van der Waals surface area contributed by atoms with E-state index in [1.54, 1.807) is 0 Å². The number of rotatable bonds is 4. The molecule has 10 heteroatoms. The van der Waals surface area contributed by atoms with Gasteiger partial charge in [-0.05, 0) is 55.4 Å². The van der Waals surface area contributed by atoms with E-state index in [1.165, 1.54) is 54.3 Å². The lowest BCUT2D eigenvalue weighted by Gasteiger charge is -2.37. The molecule has 2 aliphatic carbocycles. The van der Waals surface area contributed by atoms with Crippen LogP contribution < -0.4 is 5.32 Å². The van der Waals surface area contributed by atoms with Gasteiger partial charge in [0.15, 0.2) is 5.11 Å². The highest BCUT2D eigenvalue weighted by molar-refractivity contribution is 7.89. The van der Waals surface area contributed by atoms with Crippen molar-refractivity contribution in [1.82, 2.24) is 14.5 Å². The smallest absolute Gasteiger partial charge is 0.269 e. The van der Waals surface area contributed by atoms with E-state index in [4.69, 9.17) is 12.2 Å². The van der Waals surface area contributed by atoms with Gasteiger partial charge in [0.05, 0.1) is 9.82 Å². The van der Waals surface area contributed by atoms with Crippen molar-refractivity contribution in [3.05, 3.63) is 34.4 Å². The van der Waals surface area contributed by atoms with Crippen LogP contribution in [0.15, 0.2) is 29.2 Å². The summed E-state index contributed by atoms with van der Waals surface area (Å²) in [5.74, 6) is 1.57. The summed E-state index contributed by atoms with van der Waals surface area (Å²) in [6.45, 7) is 1.77. The van der Waals surface area contributed by atoms with Gasteiger partial charge >= 0.3 is 0 Å². The van der Waals surface area contributed by atoms with Crippen LogP contribution in [-0.4, -0.2) is 59.9 Å². The molecule has 2 saturated carbocycles. The number of thiocarbonyl (C=S) groups is 1. The van der Waals surface area contributed by atoms with E-state index < -0.39 is 14.9 Å². The molecule has 152 valence electrons. The standard InChI is InChI=1S/C18H24N4O4S2/c23-22(24)15-3-5-16(6-4-15)28(25,26)21-9-7-20(8-10-21)18(27)19-17-12-13-1-2-14(17)11-13/h3-6,13-14,17H,1-2,7-12H2,(H,19,27)/t13-,14-,17+/m1/s1. The van der Waals surface area contributed by atoms with Gasteiger partial charge in [0.2, 0.25) is 10.0 Å². The lowest BCUT2D eigenvalue weighted by atomic mass is 9.95. The van der Waals surface area contributed by atoms with E-state index in [9.17, 15) is 18.5 Å². The minimum atomic E-state index is -3.66. The molecule has 8 nitrogen and oxygen atoms in total. The fourth-order valence-corrected chi connectivity index (χ4v) is 6.45. The van der Waals surface area contributed by atoms with Crippen LogP contribution in [0.25, 0.3) is 0 Å². The first-order valence-electron chi connectivity index (χ1n) is 9.64. The molecule has 3 fully saturated rings. The summed E-state index contributed by atoms with van der Waals surface area (Å²) >= 11 is 5.57. The topological polar surface area (TPSA) is 95.8 Å². The van der Waals surface area contributed by atoms with E-state index in [0.717, 1.165) is 16.9 Å². The Hall–Kier alpha value is -1.78. The maximum Gasteiger partial charge on any atom is 0.269 e. The molecule has 0 amide bonds. The van der Waals surface area contributed by atoms with Crippen molar-refractivity contribution in [3.8, 4) is 0 Å². The molecule has 0 spiro atoms. The van der Waals surface area contributed by atoms with Crippen LogP contribution in [0.5, 0.6) is 0 Å². The molecule has 1 heterocycles. The molecule has 0 aromatic heterocycles. The van der Waals surface area contributed by atoms with Crippen LogP contribution >= 0.6 is 12.2 Å². The fourth-order valence-electron chi connectivity index (χ4n) is 4.69. The average molecular weight is 425 g/mol. The lowest BCUT2D eigenvalue weighted by molar-refractivity contribution is -0.384. The van der Waals surface area contributed by atoms with E-state index in [2.05, 4.69) is 5.32 Å². The number of hydrogen-bond donors (Lipinski definition) is 1. The summed E-state index contributed by atoms with van der Waals surface area (Å²) in [5, 5.41) is 15.0. The van der Waals surface area contributed by atoms with Gasteiger partial charge in [-0.1, -0.05) is 6.42 Å². The van der Waals surface area contributed by atoms with Gasteiger partial charge in [-0.3, -0.25) is 10.1 Å². The van der Waals surface area contributed by atoms with E-state index >= 15 is 0 Å². The molecule has 1 saturated heterocycles. The number of nitrogens with one attached hydrogen (secondary N) is 1. The zero-order valence-electron chi connectivity index (χ0n) is 15.5. The average Bonchev–Trinajstić information content (AvgIpc) is 3.31. The van der Waals surface area contributed by atoms with Crippen molar-refractivity contribution in [2.75, 3.05) is 26.2 Å². The molecule has 0 radical (unpaired) electrons. The Balaban J connectivity index is 1.34. The van der Waals surface area contributed by atoms with Gasteiger partial charge in [-0.25, -0.2) is 8.42 Å². The summed E-state index contributed by atoms with van der Waals surface area (Å²) in [6, 6.07) is 5.49. The van der Waals surface area contributed by atoms with Gasteiger partial charge in [-0.2, -0.15) is 4.31 Å². The Labute approximate surface area is 170 Å². The van der Waals surface area contributed by atoms with Gasteiger partial charge in [-0.15, -0.1) is 0 Å². The number of hydrogen-bond acceptors (Lipinski definition) is 5. The maximum atomic E-state index is 12.8. The molecule has 3 atom stereocenters. The molecule has 1 aliphatic heterocycles. The minimum Gasteiger partial charge on any atom is -0.360 e. The number of fused-ring (bicyclic) bond motifs is 2. The van der Waals surface area contributed by atoms with Crippen LogP contribution in [0, 0.1) is 22.0 Å². The molecule has 2 bridgehead atoms. The number of benzene rings is 1. The van der Waals surface area contributed by atoms with Crippen LogP contribution in [0.2, 0.25) is 0 Å². The number of non-ortho nitro benzene ring substituents is 1. The van der Waals surface area contributed by atoms with Crippen molar-refractivity contribution < 1.29 is 13.3 Å². The predicted molar refractivity (Wildman–Crippen MR) is 108 cm³/mol. The van der Waals surface area contributed by atoms with Crippen molar-refractivity contribution >= 4 is 33.0 Å². The molecule has 1 aromatic carbocycles. The number of piperazine rings is 1. The zero-order valence-corrected chi connectivity index (χ0v) is 17.1. The first-order valence-corrected chi connectivity index (χ1v) is 11.5. The van der Waals surface area contributed by atoms with Gasteiger partial charge in [0, 0.05) is 44.4 Å². The molecular weight excluding hydrogens is 400 g/mol. The van der Waals surface area contributed by atoms with Gasteiger partial charge in [0.1, 0.15) is 0 Å². The van der Waals surface area contributed by atoms with Gasteiger partial charge in [0.25, 0.3) is 5.69 Å². The third kappa shape index (κ3) is 3.72. The molecule has 28 heavy (non-hydrogen) atoms. The van der Waals surface area contributed by atoms with E-state index in [-0.39, 0.29) is 10.6 Å². The first-order chi connectivity index (χ1) is 13.3. The summed E-state index contributed by atoms with van der Waals surface area (Å²) in [5.41, 5.74) is -0.124. The third-order valence-electron chi connectivity index (χ3n) is 6.26. The molecule has 4 rings (SSSR count). The molecule has 0 unspecified atom stereocenters. The number of nitro benzene ring substituents is 1. The Morgan fingerprint density at radius 2 is 1.79 bits per heavy atom. The van der Waals surface area contributed by atoms with Crippen LogP contribution in [0.3, 0.4) is 0 Å². The van der Waals surface area contributed by atoms with Crippen LogP contribution in [-0.2, 0) is 10.0 Å². The van der Waals surface area contributed by atoms with Crippen molar-refractivity contribution in [3.63, 3.8) is 0 Å². The fraction of sp³-hybridized carbons (Fsp3) is 0.611. The quantitative estimate of drug-likeness (QED) is 0.448. The second kappa shape index (κ2) is 7.57. The largest absolute Gasteiger partial charge is 0.360 e. The maximum absolute atomic E-state index is 12.8. The second-order valence-electron chi connectivity index (χ2n) is 7.87. The Bertz CT molecular complexity index is 866. The Morgan fingerprint density at radius 3 is 2.32 bits per heavy atom. The van der Waals surface area contributed by atoms with E-state index in [0.29, 0.717) is 32.2 Å². The Morgan fingerprint density at radius 1 is 1.11 bits per heavy atom. The summed E-state index contributed by atoms with van der Waals surface area (Å²) in [7, 11) is -3.66. The zero-order chi connectivity index (χ0) is 19.9. The highest BCUT2D eigenvalue weighted by Crippen LogP contribution is 2.44. The van der Waals surface area contributed by atoms with Crippen molar-refractivity contribution in [1.29, 1.82) is 0 Å². The van der Waals surface area contributed by atoms with Gasteiger partial charge < -0.3 is 10.2 Å².